The first kappa shape index (κ1) is 23.2. The van der Waals surface area contributed by atoms with Gasteiger partial charge in [-0.3, -0.25) is 0 Å². The molecule has 0 saturated carbocycles. The van der Waals surface area contributed by atoms with Gasteiger partial charge in [-0.05, 0) is 76.5 Å². The van der Waals surface area contributed by atoms with Crippen molar-refractivity contribution in [2.24, 2.45) is 0 Å². The monoisotopic (exact) mass is 482 g/mol. The van der Waals surface area contributed by atoms with Crippen molar-refractivity contribution in [3.8, 4) is 45.6 Å². The Hall–Kier alpha value is -4.58. The topological polar surface area (TPSA) is 99.4 Å². The zero-order chi connectivity index (χ0) is 25.4. The van der Waals surface area contributed by atoms with Crippen molar-refractivity contribution in [2.45, 2.75) is 12.8 Å². The second kappa shape index (κ2) is 9.23. The van der Waals surface area contributed by atoms with E-state index in [0.29, 0.717) is 40.9 Å². The molecule has 0 aliphatic rings. The van der Waals surface area contributed by atoms with Gasteiger partial charge < -0.3 is 29.9 Å². The summed E-state index contributed by atoms with van der Waals surface area (Å²) in [6.45, 7) is 0. The highest BCUT2D eigenvalue weighted by molar-refractivity contribution is 6.12. The SMILES string of the molecule is COc1cc(O)c2c(ccc3cc(O)c(-c4c(CCc5cccc(O)c5)cc(O)cc4OC)cc32)c1. The average molecular weight is 483 g/mol. The second-order valence-electron chi connectivity index (χ2n) is 8.75. The molecule has 0 radical (unpaired) electrons. The van der Waals surface area contributed by atoms with Crippen molar-refractivity contribution in [2.75, 3.05) is 14.2 Å². The van der Waals surface area contributed by atoms with Gasteiger partial charge in [-0.2, -0.15) is 0 Å². The van der Waals surface area contributed by atoms with E-state index >= 15 is 0 Å². The standard InChI is InChI=1S/C30H26O6/c1-35-23-12-20-9-8-18-13-26(33)25(16-24(18)29(20)27(34)15-23)30-19(11-22(32)14-28(30)36-2)7-6-17-4-3-5-21(31)10-17/h3-5,8-16,31-34H,6-7H2,1-2H3. The molecular weight excluding hydrogens is 456 g/mol. The summed E-state index contributed by atoms with van der Waals surface area (Å²) in [6, 6.07) is 20.9. The molecule has 5 aromatic carbocycles. The van der Waals surface area contributed by atoms with Crippen molar-refractivity contribution in [3.63, 3.8) is 0 Å². The number of phenolic OH excluding ortho intramolecular Hbond substituents is 4. The van der Waals surface area contributed by atoms with Crippen molar-refractivity contribution in [1.82, 2.24) is 0 Å². The molecule has 0 heterocycles. The number of aromatic hydroxyl groups is 4. The van der Waals surface area contributed by atoms with Gasteiger partial charge in [0.2, 0.25) is 0 Å². The summed E-state index contributed by atoms with van der Waals surface area (Å²) in [5.41, 5.74) is 2.89. The van der Waals surface area contributed by atoms with E-state index < -0.39 is 0 Å². The van der Waals surface area contributed by atoms with E-state index in [1.807, 2.05) is 30.3 Å². The van der Waals surface area contributed by atoms with Crippen LogP contribution in [0.3, 0.4) is 0 Å². The highest BCUT2D eigenvalue weighted by Crippen LogP contribution is 2.45. The lowest BCUT2D eigenvalue weighted by atomic mass is 9.90. The quantitative estimate of drug-likeness (QED) is 0.213. The van der Waals surface area contributed by atoms with Crippen molar-refractivity contribution in [3.05, 3.63) is 83.9 Å². The van der Waals surface area contributed by atoms with Gasteiger partial charge in [0.25, 0.3) is 0 Å². The molecule has 0 spiro atoms. The molecule has 0 atom stereocenters. The molecule has 0 aliphatic heterocycles. The number of rotatable bonds is 6. The maximum absolute atomic E-state index is 11.1. The van der Waals surface area contributed by atoms with Crippen LogP contribution in [0.4, 0.5) is 0 Å². The van der Waals surface area contributed by atoms with Crippen LogP contribution in [0.25, 0.3) is 32.7 Å². The Labute approximate surface area is 208 Å². The van der Waals surface area contributed by atoms with Crippen LogP contribution in [-0.2, 0) is 12.8 Å². The zero-order valence-corrected chi connectivity index (χ0v) is 19.9. The van der Waals surface area contributed by atoms with Gasteiger partial charge in [0, 0.05) is 28.6 Å². The Morgan fingerprint density at radius 1 is 0.667 bits per heavy atom. The number of fused-ring (bicyclic) bond motifs is 3. The molecule has 0 aliphatic carbocycles. The molecule has 0 aromatic heterocycles. The highest BCUT2D eigenvalue weighted by Gasteiger charge is 2.19. The van der Waals surface area contributed by atoms with Gasteiger partial charge >= 0.3 is 0 Å². The molecule has 0 saturated heterocycles. The number of ether oxygens (including phenoxy) is 2. The molecule has 0 amide bonds. The second-order valence-corrected chi connectivity index (χ2v) is 8.75. The molecule has 5 rings (SSSR count). The van der Waals surface area contributed by atoms with Gasteiger partial charge in [0.05, 0.1) is 14.2 Å². The number of aryl methyl sites for hydroxylation is 2. The number of methoxy groups -OCH3 is 2. The van der Waals surface area contributed by atoms with E-state index in [2.05, 4.69) is 0 Å². The molecule has 36 heavy (non-hydrogen) atoms. The highest BCUT2D eigenvalue weighted by atomic mass is 16.5. The largest absolute Gasteiger partial charge is 0.508 e. The lowest BCUT2D eigenvalue weighted by Crippen LogP contribution is -1.98. The molecule has 0 fully saturated rings. The van der Waals surface area contributed by atoms with Gasteiger partial charge in [-0.25, -0.2) is 0 Å². The van der Waals surface area contributed by atoms with Gasteiger partial charge in [-0.1, -0.05) is 24.3 Å². The number of phenols is 4. The smallest absolute Gasteiger partial charge is 0.130 e. The fourth-order valence-electron chi connectivity index (χ4n) is 4.82. The molecular formula is C30H26O6. The fraction of sp³-hybridized carbons (Fsp3) is 0.133. The Morgan fingerprint density at radius 3 is 2.22 bits per heavy atom. The summed E-state index contributed by atoms with van der Waals surface area (Å²) in [7, 11) is 3.07. The molecule has 0 bridgehead atoms. The third kappa shape index (κ3) is 4.18. The number of benzene rings is 5. The fourth-order valence-corrected chi connectivity index (χ4v) is 4.82. The van der Waals surface area contributed by atoms with Crippen LogP contribution in [0.2, 0.25) is 0 Å². The van der Waals surface area contributed by atoms with Crippen molar-refractivity contribution in [1.29, 1.82) is 0 Å². The predicted octanol–water partition coefficient (Wildman–Crippen LogP) is 6.28. The van der Waals surface area contributed by atoms with Crippen LogP contribution < -0.4 is 9.47 Å². The van der Waals surface area contributed by atoms with Crippen LogP contribution in [0.5, 0.6) is 34.5 Å². The summed E-state index contributed by atoms with van der Waals surface area (Å²) in [6.07, 6.45) is 1.13. The van der Waals surface area contributed by atoms with Crippen LogP contribution in [-0.4, -0.2) is 34.6 Å². The molecule has 4 N–H and O–H groups in total. The average Bonchev–Trinajstić information content (AvgIpc) is 2.86. The first-order chi connectivity index (χ1) is 17.4. The van der Waals surface area contributed by atoms with E-state index in [-0.39, 0.29) is 23.0 Å². The molecule has 0 unspecified atom stereocenters. The lowest BCUT2D eigenvalue weighted by Gasteiger charge is -2.18. The van der Waals surface area contributed by atoms with Crippen LogP contribution in [0.1, 0.15) is 11.1 Å². The van der Waals surface area contributed by atoms with Crippen LogP contribution in [0.15, 0.2) is 72.8 Å². The Kier molecular flexibility index (Phi) is 5.94. The molecule has 6 heteroatoms. The Morgan fingerprint density at radius 2 is 1.47 bits per heavy atom. The minimum Gasteiger partial charge on any atom is -0.508 e. The first-order valence-corrected chi connectivity index (χ1v) is 11.5. The maximum atomic E-state index is 11.1. The third-order valence-corrected chi connectivity index (χ3v) is 6.49. The maximum Gasteiger partial charge on any atom is 0.130 e. The minimum atomic E-state index is 0.0528. The molecule has 5 aromatic rings. The summed E-state index contributed by atoms with van der Waals surface area (Å²) < 4.78 is 10.9. The minimum absolute atomic E-state index is 0.0528. The van der Waals surface area contributed by atoms with E-state index in [1.165, 1.54) is 13.2 Å². The van der Waals surface area contributed by atoms with E-state index in [1.54, 1.807) is 43.5 Å². The molecule has 6 nitrogen and oxygen atoms in total. The van der Waals surface area contributed by atoms with Gasteiger partial charge in [-0.15, -0.1) is 0 Å². The predicted molar refractivity (Wildman–Crippen MR) is 141 cm³/mol. The van der Waals surface area contributed by atoms with Gasteiger partial charge in [0.1, 0.15) is 34.5 Å². The summed E-state index contributed by atoms with van der Waals surface area (Å²) in [5.74, 6) is 1.34. The van der Waals surface area contributed by atoms with Crippen LogP contribution >= 0.6 is 0 Å². The van der Waals surface area contributed by atoms with E-state index in [0.717, 1.165) is 27.3 Å². The first-order valence-electron chi connectivity index (χ1n) is 11.5. The van der Waals surface area contributed by atoms with E-state index in [9.17, 15) is 20.4 Å². The summed E-state index contributed by atoms with van der Waals surface area (Å²) in [4.78, 5) is 0. The normalized spacial score (nSPS) is 11.2. The Bertz CT molecular complexity index is 1610. The number of hydrogen-bond acceptors (Lipinski definition) is 6. The lowest BCUT2D eigenvalue weighted by molar-refractivity contribution is 0.408. The van der Waals surface area contributed by atoms with Crippen molar-refractivity contribution < 1.29 is 29.9 Å². The van der Waals surface area contributed by atoms with Crippen molar-refractivity contribution >= 4 is 21.5 Å². The molecule has 182 valence electrons. The third-order valence-electron chi connectivity index (χ3n) is 6.49. The number of hydrogen-bond donors (Lipinski definition) is 4. The van der Waals surface area contributed by atoms with Gasteiger partial charge in [0.15, 0.2) is 0 Å². The summed E-state index contributed by atoms with van der Waals surface area (Å²) in [5, 5.41) is 45.1. The summed E-state index contributed by atoms with van der Waals surface area (Å²) >= 11 is 0. The van der Waals surface area contributed by atoms with E-state index in [4.69, 9.17) is 9.47 Å². The zero-order valence-electron chi connectivity index (χ0n) is 19.9. The Balaban J connectivity index is 1.71. The van der Waals surface area contributed by atoms with Crippen LogP contribution in [0, 0.1) is 0 Å².